The van der Waals surface area contributed by atoms with Gasteiger partial charge in [-0.15, -0.1) is 0 Å². The molecule has 1 aliphatic carbocycles. The highest BCUT2D eigenvalue weighted by Crippen LogP contribution is 2.23. The van der Waals surface area contributed by atoms with Gasteiger partial charge in [-0.3, -0.25) is 4.79 Å². The van der Waals surface area contributed by atoms with E-state index in [0.29, 0.717) is 30.5 Å². The number of halogens is 1. The van der Waals surface area contributed by atoms with Gasteiger partial charge >= 0.3 is 0 Å². The van der Waals surface area contributed by atoms with E-state index in [9.17, 15) is 4.79 Å². The lowest BCUT2D eigenvalue weighted by Gasteiger charge is -2.22. The van der Waals surface area contributed by atoms with Crippen LogP contribution in [-0.2, 0) is 4.74 Å². The molecule has 0 spiro atoms. The molecule has 1 aromatic carbocycles. The van der Waals surface area contributed by atoms with Gasteiger partial charge in [-0.2, -0.15) is 0 Å². The fourth-order valence-corrected chi connectivity index (χ4v) is 3.13. The molecule has 1 amide bonds. The molecule has 2 rings (SSSR count). The Bertz CT molecular complexity index is 499. The van der Waals surface area contributed by atoms with E-state index in [4.69, 9.17) is 10.5 Å². The van der Waals surface area contributed by atoms with Gasteiger partial charge in [0.15, 0.2) is 0 Å². The molecule has 0 saturated heterocycles. The topological polar surface area (TPSA) is 64.4 Å². The third kappa shape index (κ3) is 4.71. The SMILES string of the molecule is Cc1c(N)cc(Br)cc1C(=O)NCCOC1CCCCC1. The van der Waals surface area contributed by atoms with Crippen molar-refractivity contribution >= 4 is 27.5 Å². The molecular weight excluding hydrogens is 332 g/mol. The lowest BCUT2D eigenvalue weighted by atomic mass is 9.98. The van der Waals surface area contributed by atoms with Gasteiger partial charge in [0.05, 0.1) is 12.7 Å². The Morgan fingerprint density at radius 2 is 2.10 bits per heavy atom. The van der Waals surface area contributed by atoms with Gasteiger partial charge in [0, 0.05) is 22.3 Å². The van der Waals surface area contributed by atoms with Crippen molar-refractivity contribution in [3.63, 3.8) is 0 Å². The van der Waals surface area contributed by atoms with Crippen LogP contribution < -0.4 is 11.1 Å². The Kier molecular flexibility index (Phi) is 6.06. The van der Waals surface area contributed by atoms with Crippen LogP contribution in [0.5, 0.6) is 0 Å². The van der Waals surface area contributed by atoms with Gasteiger partial charge < -0.3 is 15.8 Å². The monoisotopic (exact) mass is 354 g/mol. The maximum absolute atomic E-state index is 12.2. The van der Waals surface area contributed by atoms with Gasteiger partial charge in [-0.1, -0.05) is 35.2 Å². The minimum atomic E-state index is -0.104. The number of benzene rings is 1. The number of carbonyl (C=O) groups excluding carboxylic acids is 1. The third-order valence-corrected chi connectivity index (χ3v) is 4.41. The first kappa shape index (κ1) is 16.3. The summed E-state index contributed by atoms with van der Waals surface area (Å²) in [5.41, 5.74) is 7.92. The Balaban J connectivity index is 1.79. The van der Waals surface area contributed by atoms with E-state index in [0.717, 1.165) is 22.9 Å². The molecule has 0 aliphatic heterocycles. The molecule has 5 heteroatoms. The van der Waals surface area contributed by atoms with E-state index >= 15 is 0 Å². The van der Waals surface area contributed by atoms with Crippen molar-refractivity contribution in [2.75, 3.05) is 18.9 Å². The number of hydrogen-bond donors (Lipinski definition) is 2. The van der Waals surface area contributed by atoms with E-state index in [1.54, 1.807) is 12.1 Å². The third-order valence-electron chi connectivity index (χ3n) is 3.95. The highest BCUT2D eigenvalue weighted by atomic mass is 79.9. The number of anilines is 1. The first-order valence-corrected chi connectivity index (χ1v) is 8.32. The fraction of sp³-hybridized carbons (Fsp3) is 0.562. The van der Waals surface area contributed by atoms with Crippen LogP contribution in [-0.4, -0.2) is 25.2 Å². The molecule has 1 aliphatic rings. The lowest BCUT2D eigenvalue weighted by Crippen LogP contribution is -2.30. The lowest BCUT2D eigenvalue weighted by molar-refractivity contribution is 0.0299. The zero-order valence-corrected chi connectivity index (χ0v) is 14.0. The largest absolute Gasteiger partial charge is 0.398 e. The standard InChI is InChI=1S/C16H23BrN2O2/c1-11-14(9-12(17)10-15(11)18)16(20)19-7-8-21-13-5-3-2-4-6-13/h9-10,13H,2-8,18H2,1H3,(H,19,20). The molecule has 0 radical (unpaired) electrons. The van der Waals surface area contributed by atoms with Crippen LogP contribution in [0.3, 0.4) is 0 Å². The highest BCUT2D eigenvalue weighted by molar-refractivity contribution is 9.10. The molecule has 116 valence electrons. The number of ether oxygens (including phenoxy) is 1. The van der Waals surface area contributed by atoms with Crippen molar-refractivity contribution < 1.29 is 9.53 Å². The number of hydrogen-bond acceptors (Lipinski definition) is 3. The van der Waals surface area contributed by atoms with Crippen molar-refractivity contribution in [2.24, 2.45) is 0 Å². The maximum Gasteiger partial charge on any atom is 0.251 e. The van der Waals surface area contributed by atoms with Crippen LogP contribution >= 0.6 is 15.9 Å². The van der Waals surface area contributed by atoms with Crippen LogP contribution in [0.4, 0.5) is 5.69 Å². The van der Waals surface area contributed by atoms with Crippen LogP contribution in [0.1, 0.15) is 48.0 Å². The average Bonchev–Trinajstić information content (AvgIpc) is 2.48. The summed E-state index contributed by atoms with van der Waals surface area (Å²) in [5.74, 6) is -0.104. The second-order valence-electron chi connectivity index (χ2n) is 5.55. The normalized spacial score (nSPS) is 15.9. The summed E-state index contributed by atoms with van der Waals surface area (Å²) in [6, 6.07) is 3.60. The Morgan fingerprint density at radius 1 is 1.38 bits per heavy atom. The molecule has 1 saturated carbocycles. The fourth-order valence-electron chi connectivity index (χ4n) is 2.65. The first-order chi connectivity index (χ1) is 10.1. The Morgan fingerprint density at radius 3 is 2.81 bits per heavy atom. The zero-order chi connectivity index (χ0) is 15.2. The second-order valence-corrected chi connectivity index (χ2v) is 6.47. The molecule has 0 bridgehead atoms. The minimum absolute atomic E-state index is 0.104. The molecule has 0 aromatic heterocycles. The van der Waals surface area contributed by atoms with Crippen LogP contribution in [0, 0.1) is 6.92 Å². The molecular formula is C16H23BrN2O2. The van der Waals surface area contributed by atoms with Gasteiger partial charge in [-0.25, -0.2) is 0 Å². The van der Waals surface area contributed by atoms with Crippen LogP contribution in [0.2, 0.25) is 0 Å². The maximum atomic E-state index is 12.2. The van der Waals surface area contributed by atoms with Crippen LogP contribution in [0.15, 0.2) is 16.6 Å². The molecule has 1 fully saturated rings. The van der Waals surface area contributed by atoms with Gasteiger partial charge in [0.2, 0.25) is 0 Å². The molecule has 0 atom stereocenters. The first-order valence-electron chi connectivity index (χ1n) is 7.53. The summed E-state index contributed by atoms with van der Waals surface area (Å²) < 4.78 is 6.61. The summed E-state index contributed by atoms with van der Waals surface area (Å²) in [5, 5.41) is 2.89. The number of rotatable bonds is 5. The van der Waals surface area contributed by atoms with E-state index in [-0.39, 0.29) is 5.91 Å². The number of amides is 1. The van der Waals surface area contributed by atoms with Crippen molar-refractivity contribution in [1.29, 1.82) is 0 Å². The van der Waals surface area contributed by atoms with Gasteiger partial charge in [0.25, 0.3) is 5.91 Å². The molecule has 21 heavy (non-hydrogen) atoms. The quantitative estimate of drug-likeness (QED) is 0.628. The predicted molar refractivity (Wildman–Crippen MR) is 88.4 cm³/mol. The number of carbonyl (C=O) groups is 1. The molecule has 1 aromatic rings. The molecule has 0 heterocycles. The van der Waals surface area contributed by atoms with E-state index < -0.39 is 0 Å². The summed E-state index contributed by atoms with van der Waals surface area (Å²) in [6.45, 7) is 2.95. The minimum Gasteiger partial charge on any atom is -0.398 e. The second kappa shape index (κ2) is 7.80. The Labute approximate surface area is 134 Å². The summed E-state index contributed by atoms with van der Waals surface area (Å²) in [7, 11) is 0. The average molecular weight is 355 g/mol. The Hall–Kier alpha value is -1.07. The van der Waals surface area contributed by atoms with Crippen molar-refractivity contribution in [2.45, 2.75) is 45.1 Å². The van der Waals surface area contributed by atoms with E-state index in [2.05, 4.69) is 21.2 Å². The van der Waals surface area contributed by atoms with Gasteiger partial charge in [-0.05, 0) is 37.5 Å². The molecule has 3 N–H and O–H groups in total. The van der Waals surface area contributed by atoms with E-state index in [1.165, 1.54) is 19.3 Å². The van der Waals surface area contributed by atoms with Gasteiger partial charge in [0.1, 0.15) is 0 Å². The number of nitrogen functional groups attached to an aromatic ring is 1. The molecule has 4 nitrogen and oxygen atoms in total. The van der Waals surface area contributed by atoms with Crippen molar-refractivity contribution in [1.82, 2.24) is 5.32 Å². The summed E-state index contributed by atoms with van der Waals surface area (Å²) in [4.78, 5) is 12.2. The predicted octanol–water partition coefficient (Wildman–Crippen LogP) is 3.42. The summed E-state index contributed by atoms with van der Waals surface area (Å²) in [6.07, 6.45) is 6.50. The number of nitrogens with one attached hydrogen (secondary N) is 1. The van der Waals surface area contributed by atoms with E-state index in [1.807, 2.05) is 6.92 Å². The highest BCUT2D eigenvalue weighted by Gasteiger charge is 2.14. The van der Waals surface area contributed by atoms with Crippen molar-refractivity contribution in [3.05, 3.63) is 27.7 Å². The van der Waals surface area contributed by atoms with Crippen molar-refractivity contribution in [3.8, 4) is 0 Å². The summed E-state index contributed by atoms with van der Waals surface area (Å²) >= 11 is 3.36. The molecule has 0 unspecified atom stereocenters. The van der Waals surface area contributed by atoms with Crippen LogP contribution in [0.25, 0.3) is 0 Å². The zero-order valence-electron chi connectivity index (χ0n) is 12.5. The number of nitrogens with two attached hydrogens (primary N) is 1. The smallest absolute Gasteiger partial charge is 0.251 e.